The Hall–Kier alpha value is -2.33. The minimum atomic E-state index is 0.193. The summed E-state index contributed by atoms with van der Waals surface area (Å²) in [7, 11) is 0. The molecule has 4 heteroatoms. The van der Waals surface area contributed by atoms with Crippen LogP contribution in [0.3, 0.4) is 0 Å². The van der Waals surface area contributed by atoms with Gasteiger partial charge in [0.25, 0.3) is 0 Å². The Morgan fingerprint density at radius 3 is 2.45 bits per heavy atom. The molecular formula is C25H31N3O. The van der Waals surface area contributed by atoms with Crippen LogP contribution in [0, 0.1) is 5.92 Å². The van der Waals surface area contributed by atoms with Crippen molar-refractivity contribution in [2.75, 3.05) is 36.4 Å². The molecule has 2 aromatic rings. The second-order valence-corrected chi connectivity index (χ2v) is 8.96. The van der Waals surface area contributed by atoms with Gasteiger partial charge in [-0.05, 0) is 67.3 Å². The van der Waals surface area contributed by atoms with E-state index in [1.54, 1.807) is 0 Å². The fourth-order valence-corrected chi connectivity index (χ4v) is 4.75. The first-order chi connectivity index (χ1) is 14.2. The summed E-state index contributed by atoms with van der Waals surface area (Å²) in [6.07, 6.45) is 6.76. The molecule has 1 aliphatic carbocycles. The Morgan fingerprint density at radius 1 is 0.931 bits per heavy atom. The van der Waals surface area contributed by atoms with E-state index in [1.165, 1.54) is 56.6 Å². The Labute approximate surface area is 173 Å². The van der Waals surface area contributed by atoms with E-state index in [4.69, 9.17) is 0 Å². The number of likely N-dealkylation sites (tertiary alicyclic amines) is 1. The van der Waals surface area contributed by atoms with Crippen molar-refractivity contribution < 1.29 is 4.79 Å². The van der Waals surface area contributed by atoms with Gasteiger partial charge in [0.1, 0.15) is 0 Å². The Morgan fingerprint density at radius 2 is 1.69 bits per heavy atom. The summed E-state index contributed by atoms with van der Waals surface area (Å²) in [5, 5.41) is 3.70. The van der Waals surface area contributed by atoms with Gasteiger partial charge in [0.05, 0.1) is 6.42 Å². The summed E-state index contributed by atoms with van der Waals surface area (Å²) in [5.74, 6) is 1.18. The van der Waals surface area contributed by atoms with Gasteiger partial charge in [0, 0.05) is 43.6 Å². The van der Waals surface area contributed by atoms with Crippen LogP contribution in [0.4, 0.5) is 11.4 Å². The fourth-order valence-electron chi connectivity index (χ4n) is 4.75. The average molecular weight is 390 g/mol. The van der Waals surface area contributed by atoms with Crippen molar-refractivity contribution in [3.63, 3.8) is 0 Å². The lowest BCUT2D eigenvalue weighted by Gasteiger charge is -2.33. The molecule has 0 aromatic heterocycles. The zero-order valence-electron chi connectivity index (χ0n) is 17.1. The molecule has 1 saturated heterocycles. The number of nitrogens with one attached hydrogen (secondary N) is 1. The quantitative estimate of drug-likeness (QED) is 0.808. The van der Waals surface area contributed by atoms with Gasteiger partial charge in [0.15, 0.2) is 0 Å². The number of carbonyl (C=O) groups excluding carboxylic acids is 1. The third-order valence-corrected chi connectivity index (χ3v) is 6.67. The number of amides is 1. The van der Waals surface area contributed by atoms with Crippen molar-refractivity contribution in [1.82, 2.24) is 4.90 Å². The standard InChI is InChI=1S/C25H31N3O/c29-25(28-16-11-21-3-1-2-4-24(21)28)17-19-7-9-22(10-8-19)26-23-12-14-27(15-13-23)18-20-5-6-20/h1-4,7-10,20,23,26H,5-6,11-18H2. The first-order valence-corrected chi connectivity index (χ1v) is 11.2. The highest BCUT2D eigenvalue weighted by Crippen LogP contribution is 2.31. The topological polar surface area (TPSA) is 35.6 Å². The number of carbonyl (C=O) groups is 1. The molecule has 0 unspecified atom stereocenters. The van der Waals surface area contributed by atoms with Crippen molar-refractivity contribution in [3.05, 3.63) is 59.7 Å². The smallest absolute Gasteiger partial charge is 0.231 e. The maximum atomic E-state index is 12.8. The van der Waals surface area contributed by atoms with Crippen molar-refractivity contribution in [2.24, 2.45) is 5.92 Å². The van der Waals surface area contributed by atoms with Crippen LogP contribution >= 0.6 is 0 Å². The van der Waals surface area contributed by atoms with Gasteiger partial charge in [-0.3, -0.25) is 4.79 Å². The molecule has 29 heavy (non-hydrogen) atoms. The minimum Gasteiger partial charge on any atom is -0.382 e. The van der Waals surface area contributed by atoms with E-state index in [2.05, 4.69) is 52.7 Å². The number of fused-ring (bicyclic) bond motifs is 1. The summed E-state index contributed by atoms with van der Waals surface area (Å²) in [6.45, 7) is 4.56. The predicted molar refractivity (Wildman–Crippen MR) is 118 cm³/mol. The van der Waals surface area contributed by atoms with Crippen LogP contribution in [-0.4, -0.2) is 43.0 Å². The monoisotopic (exact) mass is 389 g/mol. The minimum absolute atomic E-state index is 0.193. The first-order valence-electron chi connectivity index (χ1n) is 11.2. The van der Waals surface area contributed by atoms with Gasteiger partial charge in [-0.1, -0.05) is 30.3 Å². The number of piperidine rings is 1. The lowest BCUT2D eigenvalue weighted by atomic mass is 10.0. The molecular weight excluding hydrogens is 358 g/mol. The molecule has 0 spiro atoms. The third-order valence-electron chi connectivity index (χ3n) is 6.67. The molecule has 2 fully saturated rings. The van der Waals surface area contributed by atoms with E-state index < -0.39 is 0 Å². The van der Waals surface area contributed by atoms with Crippen molar-refractivity contribution >= 4 is 17.3 Å². The highest BCUT2D eigenvalue weighted by Gasteiger charge is 2.27. The predicted octanol–water partition coefficient (Wildman–Crippen LogP) is 4.10. The fraction of sp³-hybridized carbons (Fsp3) is 0.480. The van der Waals surface area contributed by atoms with E-state index in [1.807, 2.05) is 11.0 Å². The van der Waals surface area contributed by atoms with Crippen molar-refractivity contribution in [2.45, 2.75) is 44.6 Å². The Kier molecular flexibility index (Phi) is 5.28. The van der Waals surface area contributed by atoms with Gasteiger partial charge < -0.3 is 15.1 Å². The number of para-hydroxylation sites is 1. The molecule has 2 heterocycles. The lowest BCUT2D eigenvalue weighted by molar-refractivity contribution is -0.117. The summed E-state index contributed by atoms with van der Waals surface area (Å²) in [5.41, 5.74) is 4.63. The van der Waals surface area contributed by atoms with E-state index >= 15 is 0 Å². The summed E-state index contributed by atoms with van der Waals surface area (Å²) in [4.78, 5) is 17.4. The first kappa shape index (κ1) is 18.7. The average Bonchev–Trinajstić information content (AvgIpc) is 3.45. The van der Waals surface area contributed by atoms with Gasteiger partial charge in [-0.25, -0.2) is 0 Å². The van der Waals surface area contributed by atoms with E-state index in [-0.39, 0.29) is 5.91 Å². The van der Waals surface area contributed by atoms with E-state index in [9.17, 15) is 4.79 Å². The van der Waals surface area contributed by atoms with Crippen molar-refractivity contribution in [1.29, 1.82) is 0 Å². The maximum absolute atomic E-state index is 12.8. The molecule has 0 radical (unpaired) electrons. The van der Waals surface area contributed by atoms with Gasteiger partial charge in [-0.15, -0.1) is 0 Å². The molecule has 0 bridgehead atoms. The number of hydrogen-bond donors (Lipinski definition) is 1. The van der Waals surface area contributed by atoms with E-state index in [0.717, 1.165) is 30.1 Å². The van der Waals surface area contributed by atoms with Crippen LogP contribution in [0.1, 0.15) is 36.8 Å². The second-order valence-electron chi connectivity index (χ2n) is 8.96. The molecule has 3 aliphatic rings. The largest absolute Gasteiger partial charge is 0.382 e. The number of benzene rings is 2. The zero-order chi connectivity index (χ0) is 19.6. The molecule has 2 aromatic carbocycles. The zero-order valence-corrected chi connectivity index (χ0v) is 17.1. The van der Waals surface area contributed by atoms with Gasteiger partial charge in [-0.2, -0.15) is 0 Å². The number of nitrogens with zero attached hydrogens (tertiary/aromatic N) is 2. The lowest BCUT2D eigenvalue weighted by Crippen LogP contribution is -2.40. The van der Waals surface area contributed by atoms with Crippen LogP contribution in [0.2, 0.25) is 0 Å². The second kappa shape index (κ2) is 8.19. The number of rotatable bonds is 6. The molecule has 4 nitrogen and oxygen atoms in total. The highest BCUT2D eigenvalue weighted by atomic mass is 16.2. The number of anilines is 2. The van der Waals surface area contributed by atoms with Crippen LogP contribution in [0.25, 0.3) is 0 Å². The Bertz CT molecular complexity index is 851. The van der Waals surface area contributed by atoms with Gasteiger partial charge >= 0.3 is 0 Å². The molecule has 2 aliphatic heterocycles. The van der Waals surface area contributed by atoms with Crippen LogP contribution < -0.4 is 10.2 Å². The third kappa shape index (κ3) is 4.48. The summed E-state index contributed by atoms with van der Waals surface area (Å²) in [6, 6.07) is 17.3. The van der Waals surface area contributed by atoms with Crippen LogP contribution in [0.5, 0.6) is 0 Å². The summed E-state index contributed by atoms with van der Waals surface area (Å²) >= 11 is 0. The molecule has 0 atom stereocenters. The molecule has 1 N–H and O–H groups in total. The van der Waals surface area contributed by atoms with E-state index in [0.29, 0.717) is 12.5 Å². The summed E-state index contributed by atoms with van der Waals surface area (Å²) < 4.78 is 0. The highest BCUT2D eigenvalue weighted by molar-refractivity contribution is 5.96. The van der Waals surface area contributed by atoms with Crippen molar-refractivity contribution in [3.8, 4) is 0 Å². The SMILES string of the molecule is O=C(Cc1ccc(NC2CCN(CC3CC3)CC2)cc1)N1CCc2ccccc21. The van der Waals surface area contributed by atoms with Crippen LogP contribution in [0.15, 0.2) is 48.5 Å². The molecule has 5 rings (SSSR count). The van der Waals surface area contributed by atoms with Gasteiger partial charge in [0.2, 0.25) is 5.91 Å². The Balaban J connectivity index is 1.12. The van der Waals surface area contributed by atoms with Crippen LogP contribution in [-0.2, 0) is 17.6 Å². The normalized spacial score (nSPS) is 19.9. The molecule has 1 amide bonds. The maximum Gasteiger partial charge on any atom is 0.231 e. The number of hydrogen-bond acceptors (Lipinski definition) is 3. The molecule has 152 valence electrons. The molecule has 1 saturated carbocycles.